The Kier molecular flexibility index (Phi) is 2.03. The van der Waals surface area contributed by atoms with Crippen LogP contribution < -0.4 is 4.84 Å². The van der Waals surface area contributed by atoms with Crippen LogP contribution in [0.3, 0.4) is 0 Å². The summed E-state index contributed by atoms with van der Waals surface area (Å²) in [5.41, 5.74) is 4.04. The van der Waals surface area contributed by atoms with Gasteiger partial charge in [-0.25, -0.2) is 4.98 Å². The van der Waals surface area contributed by atoms with Crippen LogP contribution in [0, 0.1) is 0 Å². The molecule has 3 nitrogen and oxygen atoms in total. The molecule has 0 spiro atoms. The molecule has 3 heteroatoms. The van der Waals surface area contributed by atoms with E-state index in [-0.39, 0.29) is 0 Å². The van der Waals surface area contributed by atoms with Crippen LogP contribution in [-0.4, -0.2) is 16.8 Å². The summed E-state index contributed by atoms with van der Waals surface area (Å²) in [6.45, 7) is 0. The predicted molar refractivity (Wildman–Crippen MR) is 77.2 cm³/mol. The summed E-state index contributed by atoms with van der Waals surface area (Å²) in [4.78, 5) is 10.3. The zero-order valence-electron chi connectivity index (χ0n) is 10.5. The second-order valence-electron chi connectivity index (χ2n) is 4.54. The lowest BCUT2D eigenvalue weighted by Gasteiger charge is -2.04. The maximum absolute atomic E-state index is 5.51. The van der Waals surface area contributed by atoms with E-state index in [1.807, 2.05) is 41.1 Å². The van der Waals surface area contributed by atoms with Crippen LogP contribution in [0.2, 0.25) is 0 Å². The van der Waals surface area contributed by atoms with Crippen molar-refractivity contribution >= 4 is 32.8 Å². The zero-order valence-corrected chi connectivity index (χ0v) is 10.5. The topological polar surface area (TPSA) is 27.1 Å². The van der Waals surface area contributed by atoms with E-state index in [0.717, 1.165) is 32.8 Å². The second kappa shape index (κ2) is 3.72. The number of hydrogen-bond donors (Lipinski definition) is 0. The third-order valence-electron chi connectivity index (χ3n) is 3.48. The van der Waals surface area contributed by atoms with Crippen molar-refractivity contribution in [3.8, 4) is 0 Å². The Bertz CT molecular complexity index is 908. The summed E-state index contributed by atoms with van der Waals surface area (Å²) in [5, 5.41) is 2.24. The normalized spacial score (nSPS) is 11.4. The van der Waals surface area contributed by atoms with Gasteiger partial charge in [0.1, 0.15) is 18.1 Å². The van der Waals surface area contributed by atoms with Crippen molar-refractivity contribution in [2.45, 2.75) is 0 Å². The molecule has 0 amide bonds. The summed E-state index contributed by atoms with van der Waals surface area (Å²) in [6, 6.07) is 18.4. The average molecular weight is 248 g/mol. The van der Waals surface area contributed by atoms with Crippen LogP contribution in [0.25, 0.3) is 32.8 Å². The predicted octanol–water partition coefficient (Wildman–Crippen LogP) is 3.40. The lowest BCUT2D eigenvalue weighted by atomic mass is 10.2. The molecule has 0 saturated heterocycles. The van der Waals surface area contributed by atoms with Crippen LogP contribution in [0.1, 0.15) is 0 Å². The van der Waals surface area contributed by atoms with Crippen LogP contribution >= 0.6 is 0 Å². The summed E-state index contributed by atoms with van der Waals surface area (Å²) < 4.78 is 1.84. The number of para-hydroxylation sites is 2. The van der Waals surface area contributed by atoms with Crippen molar-refractivity contribution in [2.24, 2.45) is 0 Å². The minimum atomic E-state index is 0.983. The fourth-order valence-corrected chi connectivity index (χ4v) is 2.64. The summed E-state index contributed by atoms with van der Waals surface area (Å²) in [5.74, 6) is 0. The van der Waals surface area contributed by atoms with Crippen molar-refractivity contribution < 1.29 is 4.84 Å². The quantitative estimate of drug-likeness (QED) is 0.516. The maximum atomic E-state index is 5.51. The highest BCUT2D eigenvalue weighted by atomic mass is 16.6. The van der Waals surface area contributed by atoms with E-state index in [0.29, 0.717) is 0 Å². The fraction of sp³-hybridized carbons (Fsp3) is 0.0625. The minimum Gasteiger partial charge on any atom is -0.416 e. The standard InChI is InChI=1S/C16H12N2O/c1-19-18-14-9-5-3-7-12(14)16-15(18)10-11-6-2-4-8-13(11)17-16/h2-10H,1H3. The van der Waals surface area contributed by atoms with E-state index in [2.05, 4.69) is 18.2 Å². The van der Waals surface area contributed by atoms with E-state index >= 15 is 0 Å². The lowest BCUT2D eigenvalue weighted by molar-refractivity contribution is 0.190. The Morgan fingerprint density at radius 3 is 2.63 bits per heavy atom. The Labute approximate surface area is 110 Å². The molecule has 19 heavy (non-hydrogen) atoms. The molecule has 2 heterocycles. The van der Waals surface area contributed by atoms with E-state index in [9.17, 15) is 0 Å². The molecular formula is C16H12N2O. The SMILES string of the molecule is COn1c2ccccc2c2nc3ccccc3cc21. The summed E-state index contributed by atoms with van der Waals surface area (Å²) >= 11 is 0. The van der Waals surface area contributed by atoms with Gasteiger partial charge in [-0.3, -0.25) is 0 Å². The molecule has 0 aliphatic heterocycles. The Balaban J connectivity index is 2.29. The highest BCUT2D eigenvalue weighted by Crippen LogP contribution is 2.28. The molecule has 0 aliphatic rings. The number of hydrogen-bond acceptors (Lipinski definition) is 2. The van der Waals surface area contributed by atoms with Gasteiger partial charge in [0.05, 0.1) is 11.0 Å². The van der Waals surface area contributed by atoms with Gasteiger partial charge in [0.15, 0.2) is 0 Å². The first-order chi connectivity index (χ1) is 9.38. The largest absolute Gasteiger partial charge is 0.416 e. The molecule has 4 aromatic rings. The molecule has 0 unspecified atom stereocenters. The van der Waals surface area contributed by atoms with Gasteiger partial charge < -0.3 is 4.84 Å². The number of pyridine rings is 1. The first kappa shape index (κ1) is 10.4. The Morgan fingerprint density at radius 1 is 0.947 bits per heavy atom. The first-order valence-corrected chi connectivity index (χ1v) is 6.22. The highest BCUT2D eigenvalue weighted by molar-refractivity contribution is 6.08. The zero-order chi connectivity index (χ0) is 12.8. The van der Waals surface area contributed by atoms with Gasteiger partial charge in [-0.2, -0.15) is 4.73 Å². The van der Waals surface area contributed by atoms with Crippen molar-refractivity contribution in [1.82, 2.24) is 9.71 Å². The maximum Gasteiger partial charge on any atom is 0.107 e. The lowest BCUT2D eigenvalue weighted by Crippen LogP contribution is -2.04. The number of fused-ring (bicyclic) bond motifs is 4. The molecule has 0 aliphatic carbocycles. The van der Waals surface area contributed by atoms with E-state index in [1.54, 1.807) is 7.11 Å². The average Bonchev–Trinajstić information content (AvgIpc) is 2.78. The molecule has 92 valence electrons. The molecule has 2 aromatic carbocycles. The van der Waals surface area contributed by atoms with Gasteiger partial charge in [0.2, 0.25) is 0 Å². The molecule has 0 N–H and O–H groups in total. The van der Waals surface area contributed by atoms with E-state index in [1.165, 1.54) is 0 Å². The fourth-order valence-electron chi connectivity index (χ4n) is 2.64. The molecule has 0 bridgehead atoms. The molecule has 0 radical (unpaired) electrons. The Morgan fingerprint density at radius 2 is 1.74 bits per heavy atom. The number of nitrogens with zero attached hydrogens (tertiary/aromatic N) is 2. The van der Waals surface area contributed by atoms with E-state index < -0.39 is 0 Å². The van der Waals surface area contributed by atoms with Crippen molar-refractivity contribution in [3.05, 3.63) is 54.6 Å². The first-order valence-electron chi connectivity index (χ1n) is 6.22. The minimum absolute atomic E-state index is 0.983. The van der Waals surface area contributed by atoms with Crippen LogP contribution in [0.4, 0.5) is 0 Å². The van der Waals surface area contributed by atoms with Crippen molar-refractivity contribution in [2.75, 3.05) is 7.11 Å². The summed E-state index contributed by atoms with van der Waals surface area (Å²) in [7, 11) is 1.68. The monoisotopic (exact) mass is 248 g/mol. The van der Waals surface area contributed by atoms with Crippen LogP contribution in [0.15, 0.2) is 54.6 Å². The van der Waals surface area contributed by atoms with Gasteiger partial charge in [-0.15, -0.1) is 0 Å². The number of rotatable bonds is 1. The van der Waals surface area contributed by atoms with Gasteiger partial charge in [-0.05, 0) is 18.2 Å². The third kappa shape index (κ3) is 1.35. The molecular weight excluding hydrogens is 236 g/mol. The Hall–Kier alpha value is -2.55. The van der Waals surface area contributed by atoms with Gasteiger partial charge in [0, 0.05) is 10.8 Å². The van der Waals surface area contributed by atoms with Crippen molar-refractivity contribution in [3.63, 3.8) is 0 Å². The van der Waals surface area contributed by atoms with Crippen molar-refractivity contribution in [1.29, 1.82) is 0 Å². The molecule has 2 aromatic heterocycles. The highest BCUT2D eigenvalue weighted by Gasteiger charge is 2.12. The van der Waals surface area contributed by atoms with Gasteiger partial charge in [-0.1, -0.05) is 36.4 Å². The third-order valence-corrected chi connectivity index (χ3v) is 3.48. The van der Waals surface area contributed by atoms with E-state index in [4.69, 9.17) is 9.82 Å². The number of aromatic nitrogens is 2. The summed E-state index contributed by atoms with van der Waals surface area (Å²) in [6.07, 6.45) is 0. The molecule has 0 atom stereocenters. The molecule has 0 saturated carbocycles. The molecule has 4 rings (SSSR count). The second-order valence-corrected chi connectivity index (χ2v) is 4.54. The van der Waals surface area contributed by atoms with Crippen LogP contribution in [-0.2, 0) is 0 Å². The van der Waals surface area contributed by atoms with Gasteiger partial charge in [0.25, 0.3) is 0 Å². The smallest absolute Gasteiger partial charge is 0.107 e. The van der Waals surface area contributed by atoms with Gasteiger partial charge >= 0.3 is 0 Å². The number of benzene rings is 2. The van der Waals surface area contributed by atoms with Crippen LogP contribution in [0.5, 0.6) is 0 Å². The molecule has 0 fully saturated rings.